The highest BCUT2D eigenvalue weighted by atomic mass is 19.1. The Hall–Kier alpha value is -2.81. The fraction of sp³-hybridized carbons (Fsp3) is 0.0769. The fourth-order valence-electron chi connectivity index (χ4n) is 1.78. The number of hydrogen-bond donors (Lipinski definition) is 0. The van der Waals surface area contributed by atoms with Crippen LogP contribution in [0.25, 0.3) is 11.1 Å². The third-order valence-electron chi connectivity index (χ3n) is 2.59. The molecule has 1 aromatic carbocycles. The second-order valence-corrected chi connectivity index (χ2v) is 3.90. The number of rotatable bonds is 2. The highest BCUT2D eigenvalue weighted by molar-refractivity contribution is 5.73. The summed E-state index contributed by atoms with van der Waals surface area (Å²) in [4.78, 5) is 13.9. The molecule has 0 aliphatic heterocycles. The highest BCUT2D eigenvalue weighted by Crippen LogP contribution is 2.30. The minimum absolute atomic E-state index is 0.0543. The molecular weight excluding hydrogens is 249 g/mol. The van der Waals surface area contributed by atoms with E-state index < -0.39 is 16.4 Å². The van der Waals surface area contributed by atoms with Crippen molar-refractivity contribution in [2.45, 2.75) is 6.92 Å². The molecule has 0 saturated heterocycles. The summed E-state index contributed by atoms with van der Waals surface area (Å²) in [5.74, 6) is -0.795. The first-order valence-electron chi connectivity index (χ1n) is 5.34. The molecule has 19 heavy (non-hydrogen) atoms. The molecule has 94 valence electrons. The number of pyridine rings is 1. The molecule has 0 fully saturated rings. The van der Waals surface area contributed by atoms with Crippen LogP contribution in [0.1, 0.15) is 11.3 Å². The SMILES string of the molecule is Cc1cc(-c2c(F)cc([N+](=O)[O-])cc2C#N)ccn1. The maximum absolute atomic E-state index is 14.0. The van der Waals surface area contributed by atoms with Crippen molar-refractivity contribution in [2.24, 2.45) is 0 Å². The van der Waals surface area contributed by atoms with E-state index in [2.05, 4.69) is 4.98 Å². The first-order valence-corrected chi connectivity index (χ1v) is 5.34. The number of nitro benzene ring substituents is 1. The summed E-state index contributed by atoms with van der Waals surface area (Å²) in [6.45, 7) is 1.73. The summed E-state index contributed by atoms with van der Waals surface area (Å²) in [6.07, 6.45) is 1.49. The Morgan fingerprint density at radius 1 is 1.42 bits per heavy atom. The van der Waals surface area contributed by atoms with Gasteiger partial charge in [-0.25, -0.2) is 4.39 Å². The largest absolute Gasteiger partial charge is 0.273 e. The van der Waals surface area contributed by atoms with Gasteiger partial charge in [-0.1, -0.05) is 0 Å². The quantitative estimate of drug-likeness (QED) is 0.611. The molecule has 0 aliphatic rings. The Bertz CT molecular complexity index is 708. The summed E-state index contributed by atoms with van der Waals surface area (Å²) in [5.41, 5.74) is 0.676. The van der Waals surface area contributed by atoms with Crippen LogP contribution in [-0.4, -0.2) is 9.91 Å². The van der Waals surface area contributed by atoms with Crippen LogP contribution in [0.3, 0.4) is 0 Å². The van der Waals surface area contributed by atoms with Gasteiger partial charge >= 0.3 is 0 Å². The van der Waals surface area contributed by atoms with Crippen molar-refractivity contribution in [3.05, 3.63) is 57.7 Å². The van der Waals surface area contributed by atoms with E-state index in [1.54, 1.807) is 25.1 Å². The number of non-ortho nitro benzene ring substituents is 1. The summed E-state index contributed by atoms with van der Waals surface area (Å²) in [7, 11) is 0. The van der Waals surface area contributed by atoms with E-state index in [9.17, 15) is 14.5 Å². The Morgan fingerprint density at radius 2 is 2.16 bits per heavy atom. The lowest BCUT2D eigenvalue weighted by Crippen LogP contribution is -1.96. The fourth-order valence-corrected chi connectivity index (χ4v) is 1.78. The molecule has 0 aliphatic carbocycles. The smallest absolute Gasteiger partial charge is 0.262 e. The standard InChI is InChI=1S/C13H8FN3O2/c1-8-4-9(2-3-16-8)13-10(7-15)5-11(17(18)19)6-12(13)14/h2-6H,1H3. The number of halogens is 1. The van der Waals surface area contributed by atoms with Crippen LogP contribution in [0.15, 0.2) is 30.5 Å². The minimum atomic E-state index is -0.795. The molecule has 1 heterocycles. The second kappa shape index (κ2) is 4.82. The Kier molecular flexibility index (Phi) is 3.21. The Balaban J connectivity index is 2.71. The lowest BCUT2D eigenvalue weighted by atomic mass is 9.99. The average molecular weight is 257 g/mol. The molecule has 0 unspecified atom stereocenters. The molecule has 2 aromatic rings. The molecular formula is C13H8FN3O2. The maximum atomic E-state index is 14.0. The number of nitrogens with zero attached hydrogens (tertiary/aromatic N) is 3. The molecule has 0 N–H and O–H groups in total. The van der Waals surface area contributed by atoms with E-state index >= 15 is 0 Å². The van der Waals surface area contributed by atoms with E-state index in [1.807, 2.05) is 0 Å². The van der Waals surface area contributed by atoms with Gasteiger partial charge in [0.15, 0.2) is 0 Å². The van der Waals surface area contributed by atoms with Crippen molar-refractivity contribution in [1.82, 2.24) is 4.98 Å². The van der Waals surface area contributed by atoms with E-state index in [0.717, 1.165) is 12.1 Å². The van der Waals surface area contributed by atoms with Crippen LogP contribution in [0.5, 0.6) is 0 Å². The first-order chi connectivity index (χ1) is 9.02. The molecule has 0 saturated carbocycles. The third-order valence-corrected chi connectivity index (χ3v) is 2.59. The van der Waals surface area contributed by atoms with Crippen LogP contribution < -0.4 is 0 Å². The van der Waals surface area contributed by atoms with E-state index in [0.29, 0.717) is 11.3 Å². The number of hydrogen-bond acceptors (Lipinski definition) is 4. The van der Waals surface area contributed by atoms with Crippen molar-refractivity contribution in [3.8, 4) is 17.2 Å². The molecule has 6 heteroatoms. The van der Waals surface area contributed by atoms with Crippen LogP contribution in [0.2, 0.25) is 0 Å². The minimum Gasteiger partial charge on any atom is -0.262 e. The lowest BCUT2D eigenvalue weighted by molar-refractivity contribution is -0.385. The van der Waals surface area contributed by atoms with Crippen molar-refractivity contribution in [3.63, 3.8) is 0 Å². The van der Waals surface area contributed by atoms with E-state index in [4.69, 9.17) is 5.26 Å². The number of aromatic nitrogens is 1. The zero-order valence-corrected chi connectivity index (χ0v) is 9.92. The molecule has 2 rings (SSSR count). The van der Waals surface area contributed by atoms with Gasteiger partial charge in [-0.05, 0) is 24.6 Å². The van der Waals surface area contributed by atoms with Gasteiger partial charge in [0.05, 0.1) is 16.6 Å². The lowest BCUT2D eigenvalue weighted by Gasteiger charge is -2.06. The molecule has 0 amide bonds. The first kappa shape index (κ1) is 12.6. The molecule has 0 atom stereocenters. The van der Waals surface area contributed by atoms with E-state index in [1.165, 1.54) is 6.20 Å². The van der Waals surface area contributed by atoms with Crippen LogP contribution >= 0.6 is 0 Å². The number of aryl methyl sites for hydroxylation is 1. The van der Waals surface area contributed by atoms with Crippen LogP contribution in [-0.2, 0) is 0 Å². The normalized spacial score (nSPS) is 9.95. The van der Waals surface area contributed by atoms with Gasteiger partial charge in [-0.15, -0.1) is 0 Å². The molecule has 0 bridgehead atoms. The molecule has 0 spiro atoms. The predicted octanol–water partition coefficient (Wildman–Crippen LogP) is 2.98. The van der Waals surface area contributed by atoms with Crippen molar-refractivity contribution < 1.29 is 9.31 Å². The van der Waals surface area contributed by atoms with Gasteiger partial charge in [0.1, 0.15) is 11.9 Å². The zero-order chi connectivity index (χ0) is 14.0. The topological polar surface area (TPSA) is 79.8 Å². The van der Waals surface area contributed by atoms with Gasteiger partial charge < -0.3 is 0 Å². The van der Waals surface area contributed by atoms with Gasteiger partial charge in [-0.3, -0.25) is 15.1 Å². The predicted molar refractivity (Wildman–Crippen MR) is 65.7 cm³/mol. The van der Waals surface area contributed by atoms with Crippen molar-refractivity contribution >= 4 is 5.69 Å². The van der Waals surface area contributed by atoms with Crippen molar-refractivity contribution in [2.75, 3.05) is 0 Å². The second-order valence-electron chi connectivity index (χ2n) is 3.90. The molecule has 0 radical (unpaired) electrons. The number of nitro groups is 1. The van der Waals surface area contributed by atoms with E-state index in [-0.39, 0.29) is 11.1 Å². The third kappa shape index (κ3) is 2.40. The van der Waals surface area contributed by atoms with Gasteiger partial charge in [0.2, 0.25) is 0 Å². The highest BCUT2D eigenvalue weighted by Gasteiger charge is 2.18. The van der Waals surface area contributed by atoms with Crippen LogP contribution in [0, 0.1) is 34.2 Å². The molecule has 5 nitrogen and oxygen atoms in total. The monoisotopic (exact) mass is 257 g/mol. The van der Waals surface area contributed by atoms with Gasteiger partial charge in [-0.2, -0.15) is 5.26 Å². The summed E-state index contributed by atoms with van der Waals surface area (Å²) < 4.78 is 14.0. The summed E-state index contributed by atoms with van der Waals surface area (Å²) >= 11 is 0. The van der Waals surface area contributed by atoms with Crippen LogP contribution in [0.4, 0.5) is 10.1 Å². The van der Waals surface area contributed by atoms with Crippen molar-refractivity contribution in [1.29, 1.82) is 5.26 Å². The Labute approximate surface area is 108 Å². The summed E-state index contributed by atoms with van der Waals surface area (Å²) in [5, 5.41) is 19.7. The van der Waals surface area contributed by atoms with Gasteiger partial charge in [0.25, 0.3) is 5.69 Å². The maximum Gasteiger partial charge on any atom is 0.273 e. The number of nitriles is 1. The van der Waals surface area contributed by atoms with Gasteiger partial charge in [0, 0.05) is 23.5 Å². The summed E-state index contributed by atoms with van der Waals surface area (Å²) in [6, 6.07) is 6.83. The number of benzene rings is 1. The average Bonchev–Trinajstić information content (AvgIpc) is 2.37. The zero-order valence-electron chi connectivity index (χ0n) is 9.92. The Morgan fingerprint density at radius 3 is 2.74 bits per heavy atom. The molecule has 1 aromatic heterocycles.